The Hall–Kier alpha value is -2.30. The van der Waals surface area contributed by atoms with E-state index >= 15 is 0 Å². The van der Waals surface area contributed by atoms with Gasteiger partial charge < -0.3 is 5.11 Å². The minimum Gasteiger partial charge on any atom is -0.480 e. The number of aromatic nitrogens is 2. The highest BCUT2D eigenvalue weighted by Crippen LogP contribution is 2.03. The summed E-state index contributed by atoms with van der Waals surface area (Å²) < 4.78 is 2.55. The van der Waals surface area contributed by atoms with Crippen molar-refractivity contribution < 1.29 is 9.90 Å². The summed E-state index contributed by atoms with van der Waals surface area (Å²) in [5, 5.41) is 8.60. The van der Waals surface area contributed by atoms with E-state index in [-0.39, 0.29) is 12.2 Å². The van der Waals surface area contributed by atoms with Gasteiger partial charge in [-0.25, -0.2) is 4.79 Å². The SMILES string of the molecule is O=C(O)Cn1ccn(-c2ccccc2)c1=O. The van der Waals surface area contributed by atoms with Crippen LogP contribution in [0.3, 0.4) is 0 Å². The Labute approximate surface area is 91.2 Å². The zero-order valence-corrected chi connectivity index (χ0v) is 8.41. The number of para-hydroxylation sites is 1. The molecule has 82 valence electrons. The van der Waals surface area contributed by atoms with E-state index in [0.29, 0.717) is 0 Å². The predicted molar refractivity (Wildman–Crippen MR) is 57.7 cm³/mol. The molecule has 2 aromatic rings. The molecule has 0 aliphatic heterocycles. The van der Waals surface area contributed by atoms with Gasteiger partial charge in [-0.2, -0.15) is 0 Å². The molecule has 1 aromatic carbocycles. The number of aliphatic carboxylic acids is 1. The summed E-state index contributed by atoms with van der Waals surface area (Å²) in [5.74, 6) is -1.03. The lowest BCUT2D eigenvalue weighted by atomic mass is 10.3. The van der Waals surface area contributed by atoms with Gasteiger partial charge in [0.1, 0.15) is 6.54 Å². The summed E-state index contributed by atoms with van der Waals surface area (Å²) in [5.41, 5.74) is 0.366. The van der Waals surface area contributed by atoms with E-state index < -0.39 is 5.97 Å². The summed E-state index contributed by atoms with van der Waals surface area (Å²) in [4.78, 5) is 22.3. The second-order valence-corrected chi connectivity index (χ2v) is 3.31. The molecule has 0 spiro atoms. The average Bonchev–Trinajstić information content (AvgIpc) is 2.61. The van der Waals surface area contributed by atoms with Crippen LogP contribution >= 0.6 is 0 Å². The Bertz CT molecular complexity index is 554. The molecule has 1 N–H and O–H groups in total. The van der Waals surface area contributed by atoms with E-state index in [1.165, 1.54) is 10.8 Å². The van der Waals surface area contributed by atoms with Gasteiger partial charge in [-0.15, -0.1) is 0 Å². The molecule has 16 heavy (non-hydrogen) atoms. The molecule has 0 radical (unpaired) electrons. The maximum atomic E-state index is 11.8. The molecule has 0 fully saturated rings. The number of imidazole rings is 1. The highest BCUT2D eigenvalue weighted by atomic mass is 16.4. The number of benzene rings is 1. The van der Waals surface area contributed by atoms with Crippen molar-refractivity contribution in [3.63, 3.8) is 0 Å². The summed E-state index contributed by atoms with van der Waals surface area (Å²) in [6.07, 6.45) is 3.02. The molecule has 0 saturated carbocycles. The molecule has 0 unspecified atom stereocenters. The molecule has 2 rings (SSSR count). The lowest BCUT2D eigenvalue weighted by Crippen LogP contribution is -2.25. The van der Waals surface area contributed by atoms with E-state index in [9.17, 15) is 9.59 Å². The molecule has 5 heteroatoms. The van der Waals surface area contributed by atoms with E-state index in [1.54, 1.807) is 18.3 Å². The molecule has 0 aliphatic rings. The molecule has 0 amide bonds. The van der Waals surface area contributed by atoms with Gasteiger partial charge >= 0.3 is 11.7 Å². The van der Waals surface area contributed by atoms with Crippen molar-refractivity contribution in [2.75, 3.05) is 0 Å². The number of carboxylic acids is 1. The van der Waals surface area contributed by atoms with E-state index in [4.69, 9.17) is 5.11 Å². The summed E-state index contributed by atoms with van der Waals surface area (Å²) in [7, 11) is 0. The Balaban J connectivity index is 2.42. The van der Waals surface area contributed by atoms with Crippen LogP contribution in [0.25, 0.3) is 5.69 Å². The standard InChI is InChI=1S/C11H10N2O3/c14-10(15)8-12-6-7-13(11(12)16)9-4-2-1-3-5-9/h1-7H,8H2,(H,14,15). The van der Waals surface area contributed by atoms with Crippen LogP contribution in [0.5, 0.6) is 0 Å². The Kier molecular flexibility index (Phi) is 2.59. The molecule has 1 aromatic heterocycles. The summed E-state index contributed by atoms with van der Waals surface area (Å²) in [6.45, 7) is -0.321. The van der Waals surface area contributed by atoms with Crippen LogP contribution in [-0.4, -0.2) is 20.2 Å². The highest BCUT2D eigenvalue weighted by Gasteiger charge is 2.07. The largest absolute Gasteiger partial charge is 0.480 e. The number of carbonyl (C=O) groups is 1. The molecule has 0 atom stereocenters. The first kappa shape index (κ1) is 10.2. The molecular formula is C11H10N2O3. The highest BCUT2D eigenvalue weighted by molar-refractivity contribution is 5.66. The van der Waals surface area contributed by atoms with Crippen molar-refractivity contribution in [1.29, 1.82) is 0 Å². The lowest BCUT2D eigenvalue weighted by Gasteiger charge is -1.99. The quantitative estimate of drug-likeness (QED) is 0.825. The van der Waals surface area contributed by atoms with Crippen molar-refractivity contribution >= 4 is 5.97 Å². The van der Waals surface area contributed by atoms with Gasteiger partial charge in [0.15, 0.2) is 0 Å². The van der Waals surface area contributed by atoms with Crippen LogP contribution in [0, 0.1) is 0 Å². The third-order valence-corrected chi connectivity index (χ3v) is 2.19. The summed E-state index contributed by atoms with van der Waals surface area (Å²) >= 11 is 0. The maximum absolute atomic E-state index is 11.8. The van der Waals surface area contributed by atoms with Gasteiger partial charge in [-0.1, -0.05) is 18.2 Å². The predicted octanol–water partition coefficient (Wildman–Crippen LogP) is 0.724. The Morgan fingerprint density at radius 2 is 1.88 bits per heavy atom. The second-order valence-electron chi connectivity index (χ2n) is 3.31. The second kappa shape index (κ2) is 4.06. The van der Waals surface area contributed by atoms with E-state index in [0.717, 1.165) is 10.3 Å². The first-order chi connectivity index (χ1) is 7.68. The minimum absolute atomic E-state index is 0.321. The van der Waals surface area contributed by atoms with Crippen molar-refractivity contribution in [2.45, 2.75) is 6.54 Å². The van der Waals surface area contributed by atoms with Crippen LogP contribution in [-0.2, 0) is 11.3 Å². The van der Waals surface area contributed by atoms with Crippen LogP contribution in [0.4, 0.5) is 0 Å². The molecule has 0 saturated heterocycles. The zero-order chi connectivity index (χ0) is 11.5. The fourth-order valence-corrected chi connectivity index (χ4v) is 1.46. The smallest absolute Gasteiger partial charge is 0.333 e. The van der Waals surface area contributed by atoms with Crippen molar-refractivity contribution in [3.8, 4) is 5.69 Å². The van der Waals surface area contributed by atoms with Gasteiger partial charge in [0.05, 0.1) is 5.69 Å². The van der Waals surface area contributed by atoms with E-state index in [1.807, 2.05) is 18.2 Å². The molecule has 5 nitrogen and oxygen atoms in total. The number of carboxylic acid groups (broad SMARTS) is 1. The topological polar surface area (TPSA) is 64.2 Å². The van der Waals surface area contributed by atoms with Gasteiger partial charge in [0.2, 0.25) is 0 Å². The van der Waals surface area contributed by atoms with Crippen LogP contribution in [0.15, 0.2) is 47.5 Å². The molecular weight excluding hydrogens is 208 g/mol. The number of nitrogens with zero attached hydrogens (tertiary/aromatic N) is 2. The third kappa shape index (κ3) is 1.88. The van der Waals surface area contributed by atoms with Gasteiger partial charge in [0.25, 0.3) is 0 Å². The Morgan fingerprint density at radius 3 is 2.50 bits per heavy atom. The van der Waals surface area contributed by atoms with Gasteiger partial charge in [-0.05, 0) is 12.1 Å². The van der Waals surface area contributed by atoms with Crippen LogP contribution < -0.4 is 5.69 Å². The number of hydrogen-bond donors (Lipinski definition) is 1. The average molecular weight is 218 g/mol. The monoisotopic (exact) mass is 218 g/mol. The molecule has 0 aliphatic carbocycles. The van der Waals surface area contributed by atoms with Gasteiger partial charge in [-0.3, -0.25) is 13.9 Å². The fourth-order valence-electron chi connectivity index (χ4n) is 1.46. The van der Waals surface area contributed by atoms with Crippen LogP contribution in [0.2, 0.25) is 0 Å². The normalized spacial score (nSPS) is 10.2. The van der Waals surface area contributed by atoms with Gasteiger partial charge in [0, 0.05) is 12.4 Å². The van der Waals surface area contributed by atoms with E-state index in [2.05, 4.69) is 0 Å². The van der Waals surface area contributed by atoms with Crippen molar-refractivity contribution in [3.05, 3.63) is 53.2 Å². The zero-order valence-electron chi connectivity index (χ0n) is 8.41. The number of hydrogen-bond acceptors (Lipinski definition) is 2. The first-order valence-electron chi connectivity index (χ1n) is 4.73. The fraction of sp³-hybridized carbons (Fsp3) is 0.0909. The first-order valence-corrected chi connectivity index (χ1v) is 4.73. The summed E-state index contributed by atoms with van der Waals surface area (Å²) in [6, 6.07) is 9.05. The van der Waals surface area contributed by atoms with Crippen LogP contribution in [0.1, 0.15) is 0 Å². The number of rotatable bonds is 3. The lowest BCUT2D eigenvalue weighted by molar-refractivity contribution is -0.137. The maximum Gasteiger partial charge on any atom is 0.333 e. The minimum atomic E-state index is -1.03. The Morgan fingerprint density at radius 1 is 1.19 bits per heavy atom. The molecule has 1 heterocycles. The van der Waals surface area contributed by atoms with Crippen molar-refractivity contribution in [2.24, 2.45) is 0 Å². The molecule has 0 bridgehead atoms. The third-order valence-electron chi connectivity index (χ3n) is 2.19. The van der Waals surface area contributed by atoms with Crippen molar-refractivity contribution in [1.82, 2.24) is 9.13 Å².